The molecule has 3 aromatic rings. The zero-order valence-corrected chi connectivity index (χ0v) is 18.4. The minimum Gasteiger partial charge on any atom is -0.394 e. The van der Waals surface area contributed by atoms with Crippen LogP contribution in [0, 0.1) is 0 Å². The summed E-state index contributed by atoms with van der Waals surface area (Å²) in [5.41, 5.74) is 3.51. The minimum absolute atomic E-state index is 0.0250. The van der Waals surface area contributed by atoms with E-state index in [1.54, 1.807) is 0 Å². The number of aromatic amines is 2. The van der Waals surface area contributed by atoms with Gasteiger partial charge in [0.05, 0.1) is 19.5 Å². The molecule has 17 heteroatoms. The molecule has 0 bridgehead atoms. The molecule has 0 radical (unpaired) electrons. The fourth-order valence-electron chi connectivity index (χ4n) is 4.33. The van der Waals surface area contributed by atoms with Gasteiger partial charge in [0.2, 0.25) is 5.95 Å². The SMILES string of the molecule is Nc1nc2c(ncn2[C@@H]2O[C@H](CO[C@@H]3[C@H](O)[C@@H](CO)O[C@H]3n3ccc(=O)[nH]c3=O)[C@@H](O)[C@H]2O)c(=O)[nH]1. The highest BCUT2D eigenvalue weighted by Crippen LogP contribution is 2.34. The van der Waals surface area contributed by atoms with E-state index in [9.17, 15) is 34.8 Å². The van der Waals surface area contributed by atoms with E-state index in [0.717, 1.165) is 16.8 Å². The minimum atomic E-state index is -1.48. The number of aliphatic hydroxyl groups is 4. The second-order valence-corrected chi connectivity index (χ2v) is 8.38. The van der Waals surface area contributed by atoms with Crippen LogP contribution in [0.25, 0.3) is 11.2 Å². The summed E-state index contributed by atoms with van der Waals surface area (Å²) in [4.78, 5) is 48.0. The summed E-state index contributed by atoms with van der Waals surface area (Å²) in [5.74, 6) is -0.181. The number of nitrogens with one attached hydrogen (secondary N) is 2. The molecular weight excluding hydrogens is 486 g/mol. The van der Waals surface area contributed by atoms with E-state index in [1.807, 2.05) is 0 Å². The molecule has 0 aromatic carbocycles. The second kappa shape index (κ2) is 9.21. The number of fused-ring (bicyclic) bond motifs is 1. The number of nitrogens with zero attached hydrogens (tertiary/aromatic N) is 4. The number of ether oxygens (including phenoxy) is 3. The molecule has 5 rings (SSSR count). The lowest BCUT2D eigenvalue weighted by Crippen LogP contribution is -2.42. The number of hydrogen-bond donors (Lipinski definition) is 7. The molecular formula is C19H23N7O10. The third-order valence-corrected chi connectivity index (χ3v) is 6.13. The lowest BCUT2D eigenvalue weighted by Gasteiger charge is -2.24. The first-order valence-corrected chi connectivity index (χ1v) is 10.8. The molecule has 2 saturated heterocycles. The van der Waals surface area contributed by atoms with Gasteiger partial charge in [-0.2, -0.15) is 4.98 Å². The van der Waals surface area contributed by atoms with Crippen LogP contribution < -0.4 is 22.5 Å². The van der Waals surface area contributed by atoms with Crippen molar-refractivity contribution in [1.29, 1.82) is 0 Å². The molecule has 17 nitrogen and oxygen atoms in total. The Morgan fingerprint density at radius 3 is 2.50 bits per heavy atom. The molecule has 0 amide bonds. The molecule has 0 saturated carbocycles. The molecule has 0 unspecified atom stereocenters. The summed E-state index contributed by atoms with van der Waals surface area (Å²) in [7, 11) is 0. The summed E-state index contributed by atoms with van der Waals surface area (Å²) in [6, 6.07) is 1.08. The number of H-pyrrole nitrogens is 2. The maximum atomic E-state index is 12.2. The van der Waals surface area contributed by atoms with Crippen molar-refractivity contribution < 1.29 is 34.6 Å². The number of nitrogen functional groups attached to an aromatic ring is 1. The van der Waals surface area contributed by atoms with Crippen LogP contribution in [-0.4, -0.2) is 99.3 Å². The number of imidazole rings is 1. The van der Waals surface area contributed by atoms with Gasteiger partial charge in [-0.25, -0.2) is 9.78 Å². The molecule has 3 aromatic heterocycles. The first kappa shape index (κ1) is 24.3. The standard InChI is InChI=1S/C19H23N7O10/c20-18-23-14-9(15(32)24-18)21-5-26(14)16-12(31)10(29)7(36-16)4-34-13-11(30)6(3-27)35-17(13)25-2-1-8(28)22-19(25)33/h1-2,5-7,10-13,16-17,27,29-31H,3-4H2,(H,22,28,33)(H3,20,23,24,32)/t6-,7-,10-,11-,12-,13-,16-,17-/m1/s1. The molecule has 194 valence electrons. The van der Waals surface area contributed by atoms with Crippen LogP contribution in [0.15, 0.2) is 33.0 Å². The highest BCUT2D eigenvalue weighted by atomic mass is 16.6. The summed E-state index contributed by atoms with van der Waals surface area (Å²) < 4.78 is 19.3. The number of hydrogen-bond acceptors (Lipinski definition) is 13. The third-order valence-electron chi connectivity index (χ3n) is 6.13. The van der Waals surface area contributed by atoms with Gasteiger partial charge in [0.15, 0.2) is 23.6 Å². The van der Waals surface area contributed by atoms with E-state index < -0.39 is 72.5 Å². The van der Waals surface area contributed by atoms with Gasteiger partial charge in [-0.05, 0) is 0 Å². The normalized spacial score (nSPS) is 32.4. The van der Waals surface area contributed by atoms with Crippen molar-refractivity contribution in [2.75, 3.05) is 18.9 Å². The molecule has 2 aliphatic heterocycles. The van der Waals surface area contributed by atoms with Gasteiger partial charge in [-0.3, -0.25) is 28.7 Å². The maximum Gasteiger partial charge on any atom is 0.330 e. The van der Waals surface area contributed by atoms with Crippen LogP contribution >= 0.6 is 0 Å². The molecule has 2 fully saturated rings. The van der Waals surface area contributed by atoms with Gasteiger partial charge in [0.25, 0.3) is 11.1 Å². The third kappa shape index (κ3) is 4.01. The number of aliphatic hydroxyl groups excluding tert-OH is 4. The Morgan fingerprint density at radius 1 is 1.03 bits per heavy atom. The lowest BCUT2D eigenvalue weighted by molar-refractivity contribution is -0.118. The number of aromatic nitrogens is 6. The topological polar surface area (TPSA) is 253 Å². The Morgan fingerprint density at radius 2 is 1.78 bits per heavy atom. The first-order chi connectivity index (χ1) is 17.2. The van der Waals surface area contributed by atoms with E-state index >= 15 is 0 Å². The van der Waals surface area contributed by atoms with Crippen LogP contribution in [0.3, 0.4) is 0 Å². The van der Waals surface area contributed by atoms with Crippen LogP contribution in [0.2, 0.25) is 0 Å². The summed E-state index contributed by atoms with van der Waals surface area (Å²) in [6.07, 6.45) is -7.85. The summed E-state index contributed by atoms with van der Waals surface area (Å²) >= 11 is 0. The van der Waals surface area contributed by atoms with E-state index in [2.05, 4.69) is 19.9 Å². The van der Waals surface area contributed by atoms with Gasteiger partial charge < -0.3 is 40.4 Å². The van der Waals surface area contributed by atoms with Crippen LogP contribution in [0.1, 0.15) is 12.5 Å². The Hall–Kier alpha value is -3.45. The van der Waals surface area contributed by atoms with Gasteiger partial charge >= 0.3 is 5.69 Å². The summed E-state index contributed by atoms with van der Waals surface area (Å²) in [5, 5.41) is 41.3. The highest BCUT2D eigenvalue weighted by Gasteiger charge is 2.49. The molecule has 2 aliphatic rings. The quantitative estimate of drug-likeness (QED) is 0.166. The van der Waals surface area contributed by atoms with Crippen LogP contribution in [0.4, 0.5) is 5.95 Å². The average molecular weight is 509 g/mol. The molecule has 0 aliphatic carbocycles. The number of nitrogens with two attached hydrogens (primary N) is 1. The molecule has 8 atom stereocenters. The van der Waals surface area contributed by atoms with Gasteiger partial charge in [-0.1, -0.05) is 0 Å². The van der Waals surface area contributed by atoms with Gasteiger partial charge in [-0.15, -0.1) is 0 Å². The van der Waals surface area contributed by atoms with Crippen molar-refractivity contribution >= 4 is 17.1 Å². The largest absolute Gasteiger partial charge is 0.394 e. The monoisotopic (exact) mass is 509 g/mol. The van der Waals surface area contributed by atoms with E-state index in [4.69, 9.17) is 19.9 Å². The Labute approximate surface area is 199 Å². The summed E-state index contributed by atoms with van der Waals surface area (Å²) in [6.45, 7) is -0.961. The van der Waals surface area contributed by atoms with Crippen LogP contribution in [-0.2, 0) is 14.2 Å². The second-order valence-electron chi connectivity index (χ2n) is 8.38. The smallest absolute Gasteiger partial charge is 0.330 e. The van der Waals surface area contributed by atoms with Crippen molar-refractivity contribution in [3.63, 3.8) is 0 Å². The van der Waals surface area contributed by atoms with Crippen molar-refractivity contribution in [3.05, 3.63) is 49.8 Å². The fraction of sp³-hybridized carbons (Fsp3) is 0.526. The van der Waals surface area contributed by atoms with Crippen molar-refractivity contribution in [2.24, 2.45) is 0 Å². The van der Waals surface area contributed by atoms with Crippen LogP contribution in [0.5, 0.6) is 0 Å². The van der Waals surface area contributed by atoms with E-state index in [1.165, 1.54) is 10.9 Å². The maximum absolute atomic E-state index is 12.2. The molecule has 36 heavy (non-hydrogen) atoms. The fourth-order valence-corrected chi connectivity index (χ4v) is 4.33. The Kier molecular flexibility index (Phi) is 6.20. The number of rotatable bonds is 6. The van der Waals surface area contributed by atoms with Crippen molar-refractivity contribution in [1.82, 2.24) is 29.1 Å². The molecule has 5 heterocycles. The number of anilines is 1. The van der Waals surface area contributed by atoms with Crippen molar-refractivity contribution in [3.8, 4) is 0 Å². The highest BCUT2D eigenvalue weighted by molar-refractivity contribution is 5.70. The Balaban J connectivity index is 1.36. The molecule has 8 N–H and O–H groups in total. The Bertz CT molecular complexity index is 1430. The van der Waals surface area contributed by atoms with E-state index in [-0.39, 0.29) is 23.7 Å². The predicted molar refractivity (Wildman–Crippen MR) is 117 cm³/mol. The van der Waals surface area contributed by atoms with Gasteiger partial charge in [0.1, 0.15) is 36.6 Å². The zero-order valence-electron chi connectivity index (χ0n) is 18.4. The van der Waals surface area contributed by atoms with Crippen molar-refractivity contribution in [2.45, 2.75) is 49.1 Å². The molecule has 0 spiro atoms. The van der Waals surface area contributed by atoms with E-state index in [0.29, 0.717) is 0 Å². The predicted octanol–water partition coefficient (Wildman–Crippen LogP) is -4.49. The lowest BCUT2D eigenvalue weighted by atomic mass is 10.1. The average Bonchev–Trinajstić information content (AvgIpc) is 3.47. The first-order valence-electron chi connectivity index (χ1n) is 10.8. The van der Waals surface area contributed by atoms with Gasteiger partial charge in [0, 0.05) is 12.3 Å². The zero-order chi connectivity index (χ0) is 25.7.